The maximum atomic E-state index is 11.6. The number of rotatable bonds is 11. The summed E-state index contributed by atoms with van der Waals surface area (Å²) >= 11 is 0. The molecule has 0 aliphatic carbocycles. The fourth-order valence-corrected chi connectivity index (χ4v) is 3.04. The number of esters is 1. The van der Waals surface area contributed by atoms with Gasteiger partial charge in [0.2, 0.25) is 0 Å². The first-order chi connectivity index (χ1) is 13.1. The van der Waals surface area contributed by atoms with E-state index in [0.29, 0.717) is 12.8 Å². The highest BCUT2D eigenvalue weighted by molar-refractivity contribution is 5.69. The third kappa shape index (κ3) is 7.49. The maximum absolute atomic E-state index is 11.6. The van der Waals surface area contributed by atoms with Gasteiger partial charge in [0.1, 0.15) is 6.10 Å². The topological polar surface area (TPSA) is 52.1 Å². The first kappa shape index (κ1) is 21.1. The Labute approximate surface area is 163 Å². The molecule has 0 aliphatic heterocycles. The van der Waals surface area contributed by atoms with E-state index >= 15 is 0 Å². The highest BCUT2D eigenvalue weighted by Gasteiger charge is 2.10. The van der Waals surface area contributed by atoms with E-state index in [1.165, 1.54) is 31.2 Å². The lowest BCUT2D eigenvalue weighted by Gasteiger charge is -2.13. The molecule has 1 unspecified atom stereocenters. The smallest absolute Gasteiger partial charge is 0.306 e. The van der Waals surface area contributed by atoms with Crippen molar-refractivity contribution in [1.82, 2.24) is 9.97 Å². The molecule has 4 nitrogen and oxygen atoms in total. The van der Waals surface area contributed by atoms with Crippen LogP contribution >= 0.6 is 0 Å². The highest BCUT2D eigenvalue weighted by Crippen LogP contribution is 2.17. The van der Waals surface area contributed by atoms with Gasteiger partial charge >= 0.3 is 5.97 Å². The quantitative estimate of drug-likeness (QED) is 0.386. The summed E-state index contributed by atoms with van der Waals surface area (Å²) in [5.41, 5.74) is 3.35. The van der Waals surface area contributed by atoms with Gasteiger partial charge in [-0.2, -0.15) is 0 Å². The molecule has 0 spiro atoms. The Balaban J connectivity index is 1.88. The van der Waals surface area contributed by atoms with Gasteiger partial charge in [-0.1, -0.05) is 57.4 Å². The van der Waals surface area contributed by atoms with Gasteiger partial charge in [-0.25, -0.2) is 9.97 Å². The molecule has 0 radical (unpaired) electrons. The fraction of sp³-hybridized carbons (Fsp3) is 0.522. The molecule has 0 saturated heterocycles. The van der Waals surface area contributed by atoms with Crippen molar-refractivity contribution in [3.05, 3.63) is 47.8 Å². The van der Waals surface area contributed by atoms with Gasteiger partial charge in [-0.3, -0.25) is 4.79 Å². The van der Waals surface area contributed by atoms with E-state index in [2.05, 4.69) is 29.0 Å². The molecule has 4 heteroatoms. The first-order valence-corrected chi connectivity index (χ1v) is 10.2. The molecule has 0 bridgehead atoms. The van der Waals surface area contributed by atoms with Crippen LogP contribution < -0.4 is 0 Å². The van der Waals surface area contributed by atoms with Gasteiger partial charge in [-0.15, -0.1) is 0 Å². The molecule has 0 aliphatic rings. The van der Waals surface area contributed by atoms with Crippen LogP contribution in [0.1, 0.15) is 70.4 Å². The summed E-state index contributed by atoms with van der Waals surface area (Å²) in [6, 6.07) is 8.18. The molecule has 2 aromatic rings. The number of benzene rings is 1. The summed E-state index contributed by atoms with van der Waals surface area (Å²) in [5, 5.41) is 0. The van der Waals surface area contributed by atoms with E-state index in [1.54, 1.807) is 0 Å². The van der Waals surface area contributed by atoms with E-state index < -0.39 is 0 Å². The van der Waals surface area contributed by atoms with Crippen LogP contribution in [0.5, 0.6) is 0 Å². The summed E-state index contributed by atoms with van der Waals surface area (Å²) in [7, 11) is 0. The summed E-state index contributed by atoms with van der Waals surface area (Å²) in [6.07, 6.45) is 11.9. The lowest BCUT2D eigenvalue weighted by Crippen LogP contribution is -2.16. The minimum atomic E-state index is -0.121. The van der Waals surface area contributed by atoms with Crippen LogP contribution in [0.3, 0.4) is 0 Å². The second kappa shape index (κ2) is 11.5. The van der Waals surface area contributed by atoms with Crippen molar-refractivity contribution >= 4 is 5.97 Å². The minimum absolute atomic E-state index is 0.113. The van der Waals surface area contributed by atoms with Gasteiger partial charge in [0, 0.05) is 30.8 Å². The number of aryl methyl sites for hydroxylation is 1. The van der Waals surface area contributed by atoms with Crippen molar-refractivity contribution < 1.29 is 9.53 Å². The van der Waals surface area contributed by atoms with Crippen LogP contribution in [0.2, 0.25) is 0 Å². The Morgan fingerprint density at radius 2 is 1.67 bits per heavy atom. The summed E-state index contributed by atoms with van der Waals surface area (Å²) < 4.78 is 5.41. The molecule has 1 heterocycles. The Morgan fingerprint density at radius 3 is 2.30 bits per heavy atom. The van der Waals surface area contributed by atoms with Crippen molar-refractivity contribution in [3.8, 4) is 11.4 Å². The molecule has 2 rings (SSSR count). The van der Waals surface area contributed by atoms with Crippen molar-refractivity contribution in [2.75, 3.05) is 0 Å². The first-order valence-electron chi connectivity index (χ1n) is 10.2. The Kier molecular flexibility index (Phi) is 8.96. The molecule has 0 saturated carbocycles. The van der Waals surface area contributed by atoms with Crippen LogP contribution in [-0.2, 0) is 22.4 Å². The number of carbonyl (C=O) groups is 1. The summed E-state index contributed by atoms with van der Waals surface area (Å²) in [6.45, 7) is 6.14. The molecule has 1 atom stereocenters. The summed E-state index contributed by atoms with van der Waals surface area (Å²) in [5.74, 6) is 0.631. The van der Waals surface area contributed by atoms with Gasteiger partial charge in [0.05, 0.1) is 0 Å². The standard InChI is InChI=1S/C23H32N2O2/c1-4-6-7-8-10-20-16-24-23(25-17-20)21-13-11-19(12-14-21)15-18(3)27-22(26)9-5-2/h11-14,16-18H,4-10,15H2,1-3H3. The second-order valence-corrected chi connectivity index (χ2v) is 7.18. The lowest BCUT2D eigenvalue weighted by atomic mass is 10.1. The maximum Gasteiger partial charge on any atom is 0.306 e. The van der Waals surface area contributed by atoms with E-state index in [0.717, 1.165) is 29.8 Å². The third-order valence-electron chi connectivity index (χ3n) is 4.55. The normalized spacial score (nSPS) is 12.0. The zero-order valence-electron chi connectivity index (χ0n) is 16.9. The largest absolute Gasteiger partial charge is 0.462 e. The molecular formula is C23H32N2O2. The molecule has 0 fully saturated rings. The van der Waals surface area contributed by atoms with E-state index in [-0.39, 0.29) is 12.1 Å². The highest BCUT2D eigenvalue weighted by atomic mass is 16.5. The fourth-order valence-electron chi connectivity index (χ4n) is 3.04. The van der Waals surface area contributed by atoms with Crippen LogP contribution in [0.4, 0.5) is 0 Å². The van der Waals surface area contributed by atoms with Crippen molar-refractivity contribution in [2.45, 2.75) is 78.2 Å². The Bertz CT molecular complexity index is 681. The third-order valence-corrected chi connectivity index (χ3v) is 4.55. The van der Waals surface area contributed by atoms with Gasteiger partial charge in [0.15, 0.2) is 5.82 Å². The second-order valence-electron chi connectivity index (χ2n) is 7.18. The summed E-state index contributed by atoms with van der Waals surface area (Å²) in [4.78, 5) is 20.6. The monoisotopic (exact) mass is 368 g/mol. The predicted octanol–water partition coefficient (Wildman–Crippen LogP) is 5.54. The number of ether oxygens (including phenoxy) is 1. The zero-order valence-corrected chi connectivity index (χ0v) is 16.9. The SMILES string of the molecule is CCCCCCc1cnc(-c2ccc(CC(C)OC(=O)CCC)cc2)nc1. The van der Waals surface area contributed by atoms with Crippen LogP contribution in [0, 0.1) is 0 Å². The molecule has 1 aromatic heterocycles. The van der Waals surface area contributed by atoms with E-state index in [1.807, 2.05) is 38.4 Å². The van der Waals surface area contributed by atoms with E-state index in [9.17, 15) is 4.79 Å². The average Bonchev–Trinajstić information content (AvgIpc) is 2.66. The predicted molar refractivity (Wildman–Crippen MR) is 109 cm³/mol. The van der Waals surface area contributed by atoms with Gasteiger partial charge in [-0.05, 0) is 37.3 Å². The molecule has 27 heavy (non-hydrogen) atoms. The molecule has 1 aromatic carbocycles. The number of hydrogen-bond donors (Lipinski definition) is 0. The molecule has 0 N–H and O–H groups in total. The van der Waals surface area contributed by atoms with Crippen molar-refractivity contribution in [2.24, 2.45) is 0 Å². The Morgan fingerprint density at radius 1 is 0.963 bits per heavy atom. The van der Waals surface area contributed by atoms with Gasteiger partial charge in [0.25, 0.3) is 0 Å². The van der Waals surface area contributed by atoms with Crippen LogP contribution in [0.25, 0.3) is 11.4 Å². The Hall–Kier alpha value is -2.23. The number of aromatic nitrogens is 2. The van der Waals surface area contributed by atoms with Crippen molar-refractivity contribution in [3.63, 3.8) is 0 Å². The van der Waals surface area contributed by atoms with Crippen molar-refractivity contribution in [1.29, 1.82) is 0 Å². The number of carbonyl (C=O) groups excluding carboxylic acids is 1. The van der Waals surface area contributed by atoms with E-state index in [4.69, 9.17) is 4.74 Å². The number of nitrogens with zero attached hydrogens (tertiary/aromatic N) is 2. The lowest BCUT2D eigenvalue weighted by molar-refractivity contribution is -0.148. The minimum Gasteiger partial charge on any atom is -0.462 e. The number of hydrogen-bond acceptors (Lipinski definition) is 4. The average molecular weight is 369 g/mol. The zero-order chi connectivity index (χ0) is 19.5. The van der Waals surface area contributed by atoms with Crippen LogP contribution in [-0.4, -0.2) is 22.0 Å². The van der Waals surface area contributed by atoms with Gasteiger partial charge < -0.3 is 4.74 Å². The number of unbranched alkanes of at least 4 members (excludes halogenated alkanes) is 3. The van der Waals surface area contributed by atoms with Crippen LogP contribution in [0.15, 0.2) is 36.7 Å². The molecular weight excluding hydrogens is 336 g/mol. The molecule has 0 amide bonds. The molecule has 146 valence electrons.